The van der Waals surface area contributed by atoms with Crippen molar-refractivity contribution in [1.82, 2.24) is 4.90 Å². The van der Waals surface area contributed by atoms with Crippen LogP contribution in [0.3, 0.4) is 0 Å². The van der Waals surface area contributed by atoms with Crippen molar-refractivity contribution < 1.29 is 9.59 Å². The maximum Gasteiger partial charge on any atom is 0.313 e. The third-order valence-corrected chi connectivity index (χ3v) is 4.18. The third kappa shape index (κ3) is 3.89. The molecule has 0 bridgehead atoms. The first-order valence-corrected chi connectivity index (χ1v) is 7.68. The summed E-state index contributed by atoms with van der Waals surface area (Å²) in [5.41, 5.74) is 0.275. The molecule has 0 saturated carbocycles. The number of nitrogens with zero attached hydrogens (tertiary/aromatic N) is 1. The van der Waals surface area contributed by atoms with E-state index in [1.807, 2.05) is 0 Å². The van der Waals surface area contributed by atoms with Crippen molar-refractivity contribution in [3.05, 3.63) is 28.2 Å². The molecule has 2 amide bonds. The molecule has 1 N–H and O–H groups in total. The number of hydrogen-bond acceptors (Lipinski definition) is 2. The van der Waals surface area contributed by atoms with Gasteiger partial charge in [0.05, 0.1) is 15.7 Å². The van der Waals surface area contributed by atoms with Gasteiger partial charge in [0.15, 0.2) is 0 Å². The molecule has 2 atom stereocenters. The molecule has 0 aliphatic carbocycles. The predicted octanol–water partition coefficient (Wildman–Crippen LogP) is 3.44. The van der Waals surface area contributed by atoms with E-state index < -0.39 is 11.8 Å². The number of benzene rings is 1. The number of carbonyl (C=O) groups excluding carboxylic acids is 2. The number of amides is 2. The average molecular weight is 329 g/mol. The Kier molecular flexibility index (Phi) is 5.12. The minimum absolute atomic E-state index is 0.275. The van der Waals surface area contributed by atoms with Gasteiger partial charge in [-0.05, 0) is 30.4 Å². The summed E-state index contributed by atoms with van der Waals surface area (Å²) in [5.74, 6) is -0.445. The fraction of sp³-hybridized carbons (Fsp3) is 0.467. The molecule has 0 radical (unpaired) electrons. The highest BCUT2D eigenvalue weighted by molar-refractivity contribution is 6.44. The highest BCUT2D eigenvalue weighted by atomic mass is 35.5. The number of hydrogen-bond donors (Lipinski definition) is 1. The molecule has 0 aromatic heterocycles. The van der Waals surface area contributed by atoms with Crippen molar-refractivity contribution in [2.45, 2.75) is 20.3 Å². The van der Waals surface area contributed by atoms with Crippen LogP contribution in [0.15, 0.2) is 18.2 Å². The number of halogens is 2. The van der Waals surface area contributed by atoms with E-state index in [0.29, 0.717) is 35.0 Å². The Hall–Kier alpha value is -1.26. The van der Waals surface area contributed by atoms with Gasteiger partial charge in [-0.25, -0.2) is 0 Å². The lowest BCUT2D eigenvalue weighted by Gasteiger charge is -2.34. The normalized spacial score (nSPS) is 22.0. The summed E-state index contributed by atoms with van der Waals surface area (Å²) >= 11 is 12.0. The summed E-state index contributed by atoms with van der Waals surface area (Å²) in [5, 5.41) is 3.13. The van der Waals surface area contributed by atoms with Gasteiger partial charge < -0.3 is 10.2 Å². The second kappa shape index (κ2) is 6.67. The Balaban J connectivity index is 2.08. The molecule has 114 valence electrons. The number of carbonyl (C=O) groups is 2. The molecule has 1 aromatic carbocycles. The molecule has 1 aliphatic heterocycles. The van der Waals surface area contributed by atoms with Crippen LogP contribution in [0.2, 0.25) is 10.0 Å². The molecule has 1 saturated heterocycles. The molecule has 2 unspecified atom stereocenters. The van der Waals surface area contributed by atoms with E-state index in [4.69, 9.17) is 23.2 Å². The standard InChI is InChI=1S/C15H18Cl2N2O2/c1-9-6-10(2)8-19(7-9)15(21)14(20)18-13-11(16)4-3-5-12(13)17/h3-5,9-10H,6-8H2,1-2H3,(H,18,20). The van der Waals surface area contributed by atoms with Crippen molar-refractivity contribution >= 4 is 40.7 Å². The number of piperidine rings is 1. The summed E-state index contributed by atoms with van der Waals surface area (Å²) in [4.78, 5) is 25.9. The molecule has 21 heavy (non-hydrogen) atoms. The maximum atomic E-state index is 12.2. The minimum atomic E-state index is -0.702. The maximum absolute atomic E-state index is 12.2. The number of rotatable bonds is 1. The lowest BCUT2D eigenvalue weighted by Crippen LogP contribution is -2.47. The Morgan fingerprint density at radius 2 is 1.67 bits per heavy atom. The summed E-state index contributed by atoms with van der Waals surface area (Å²) < 4.78 is 0. The van der Waals surface area contributed by atoms with E-state index in [-0.39, 0.29) is 5.69 Å². The monoisotopic (exact) mass is 328 g/mol. The molecule has 1 heterocycles. The van der Waals surface area contributed by atoms with Crippen molar-refractivity contribution in [2.24, 2.45) is 11.8 Å². The molecule has 1 aromatic rings. The van der Waals surface area contributed by atoms with Gasteiger partial charge in [-0.1, -0.05) is 43.1 Å². The van der Waals surface area contributed by atoms with Gasteiger partial charge in [-0.15, -0.1) is 0 Å². The quantitative estimate of drug-likeness (QED) is 0.803. The summed E-state index contributed by atoms with van der Waals surface area (Å²) in [7, 11) is 0. The van der Waals surface area contributed by atoms with Crippen molar-refractivity contribution in [2.75, 3.05) is 18.4 Å². The number of anilines is 1. The predicted molar refractivity (Wildman–Crippen MR) is 84.6 cm³/mol. The van der Waals surface area contributed by atoms with E-state index in [0.717, 1.165) is 6.42 Å². The lowest BCUT2D eigenvalue weighted by molar-refractivity contribution is -0.144. The van der Waals surface area contributed by atoms with Gasteiger partial charge in [0.1, 0.15) is 0 Å². The van der Waals surface area contributed by atoms with Crippen LogP contribution in [-0.2, 0) is 9.59 Å². The fourth-order valence-electron chi connectivity index (χ4n) is 2.76. The third-order valence-electron chi connectivity index (χ3n) is 3.55. The van der Waals surface area contributed by atoms with Crippen molar-refractivity contribution in [3.8, 4) is 0 Å². The van der Waals surface area contributed by atoms with Gasteiger partial charge in [0.25, 0.3) is 0 Å². The minimum Gasteiger partial charge on any atom is -0.334 e. The largest absolute Gasteiger partial charge is 0.334 e. The summed E-state index contributed by atoms with van der Waals surface area (Å²) in [6.07, 6.45) is 1.07. The molecule has 2 rings (SSSR count). The summed E-state index contributed by atoms with van der Waals surface area (Å²) in [6, 6.07) is 4.90. The second-order valence-electron chi connectivity index (χ2n) is 5.71. The Morgan fingerprint density at radius 1 is 1.14 bits per heavy atom. The Morgan fingerprint density at radius 3 is 2.19 bits per heavy atom. The van der Waals surface area contributed by atoms with E-state index in [2.05, 4.69) is 19.2 Å². The first-order chi connectivity index (χ1) is 9.88. The van der Waals surface area contributed by atoms with Gasteiger partial charge in [-0.2, -0.15) is 0 Å². The van der Waals surface area contributed by atoms with Crippen molar-refractivity contribution in [1.29, 1.82) is 0 Å². The molecular weight excluding hydrogens is 311 g/mol. The van der Waals surface area contributed by atoms with Gasteiger partial charge in [-0.3, -0.25) is 9.59 Å². The van der Waals surface area contributed by atoms with Crippen LogP contribution >= 0.6 is 23.2 Å². The Bertz CT molecular complexity index is 532. The molecule has 0 spiro atoms. The van der Waals surface area contributed by atoms with E-state index in [1.54, 1.807) is 23.1 Å². The van der Waals surface area contributed by atoms with Crippen LogP contribution in [0.25, 0.3) is 0 Å². The van der Waals surface area contributed by atoms with E-state index in [9.17, 15) is 9.59 Å². The number of nitrogens with one attached hydrogen (secondary N) is 1. The first-order valence-electron chi connectivity index (χ1n) is 6.92. The van der Waals surface area contributed by atoms with E-state index >= 15 is 0 Å². The highest BCUT2D eigenvalue weighted by Crippen LogP contribution is 2.30. The molecule has 1 aliphatic rings. The van der Waals surface area contributed by atoms with Crippen LogP contribution in [0.4, 0.5) is 5.69 Å². The zero-order valence-corrected chi connectivity index (χ0v) is 13.5. The van der Waals surface area contributed by atoms with Gasteiger partial charge >= 0.3 is 11.8 Å². The smallest absolute Gasteiger partial charge is 0.313 e. The Labute approximate surface area is 134 Å². The molecule has 4 nitrogen and oxygen atoms in total. The second-order valence-corrected chi connectivity index (χ2v) is 6.52. The van der Waals surface area contributed by atoms with Crippen LogP contribution in [0.5, 0.6) is 0 Å². The van der Waals surface area contributed by atoms with Crippen molar-refractivity contribution in [3.63, 3.8) is 0 Å². The average Bonchev–Trinajstić information content (AvgIpc) is 2.41. The van der Waals surface area contributed by atoms with Gasteiger partial charge in [0, 0.05) is 13.1 Å². The number of para-hydroxylation sites is 1. The van der Waals surface area contributed by atoms with Crippen LogP contribution in [-0.4, -0.2) is 29.8 Å². The zero-order valence-electron chi connectivity index (χ0n) is 12.0. The zero-order chi connectivity index (χ0) is 15.6. The molecular formula is C15H18Cl2N2O2. The summed E-state index contributed by atoms with van der Waals surface area (Å²) in [6.45, 7) is 5.37. The highest BCUT2D eigenvalue weighted by Gasteiger charge is 2.29. The topological polar surface area (TPSA) is 49.4 Å². The first kappa shape index (κ1) is 16.1. The van der Waals surface area contributed by atoms with Gasteiger partial charge in [0.2, 0.25) is 0 Å². The molecule has 6 heteroatoms. The SMILES string of the molecule is CC1CC(C)CN(C(=O)C(=O)Nc2c(Cl)cccc2Cl)C1. The van der Waals surface area contributed by atoms with Crippen LogP contribution in [0.1, 0.15) is 20.3 Å². The van der Waals surface area contributed by atoms with Crippen LogP contribution in [0, 0.1) is 11.8 Å². The lowest BCUT2D eigenvalue weighted by atomic mass is 9.92. The van der Waals surface area contributed by atoms with E-state index in [1.165, 1.54) is 0 Å². The van der Waals surface area contributed by atoms with Crippen LogP contribution < -0.4 is 5.32 Å². The molecule has 1 fully saturated rings. The number of likely N-dealkylation sites (tertiary alicyclic amines) is 1. The fourth-order valence-corrected chi connectivity index (χ4v) is 3.25.